The predicted molar refractivity (Wildman–Crippen MR) is 122 cm³/mol. The Morgan fingerprint density at radius 1 is 0.906 bits per heavy atom. The minimum absolute atomic E-state index is 0.00575. The van der Waals surface area contributed by atoms with Crippen LogP contribution in [0.2, 0.25) is 0 Å². The van der Waals surface area contributed by atoms with Crippen molar-refractivity contribution < 1.29 is 18.7 Å². The number of anilines is 1. The summed E-state index contributed by atoms with van der Waals surface area (Å²) in [5, 5.41) is 2.99. The van der Waals surface area contributed by atoms with E-state index in [4.69, 9.17) is 4.74 Å². The monoisotopic (exact) mass is 438 g/mol. The van der Waals surface area contributed by atoms with Crippen molar-refractivity contribution in [1.29, 1.82) is 0 Å². The second-order valence-corrected chi connectivity index (χ2v) is 8.83. The summed E-state index contributed by atoms with van der Waals surface area (Å²) in [4.78, 5) is 27.5. The van der Waals surface area contributed by atoms with Crippen LogP contribution in [-0.4, -0.2) is 36.4 Å². The molecule has 2 amide bonds. The van der Waals surface area contributed by atoms with Crippen LogP contribution in [0.25, 0.3) is 0 Å². The number of hydrogen-bond donors (Lipinski definition) is 1. The lowest BCUT2D eigenvalue weighted by Crippen LogP contribution is -2.42. The van der Waals surface area contributed by atoms with Crippen molar-refractivity contribution in [1.82, 2.24) is 4.90 Å². The largest absolute Gasteiger partial charge is 0.484 e. The van der Waals surface area contributed by atoms with Gasteiger partial charge >= 0.3 is 0 Å². The zero-order valence-electron chi connectivity index (χ0n) is 18.4. The van der Waals surface area contributed by atoms with E-state index in [2.05, 4.69) is 5.32 Å². The number of piperidine rings is 1. The third-order valence-electron chi connectivity index (χ3n) is 6.71. The molecule has 6 heteroatoms. The maximum absolute atomic E-state index is 14.6. The molecule has 4 rings (SSSR count). The van der Waals surface area contributed by atoms with Crippen LogP contribution < -0.4 is 10.1 Å². The molecule has 1 N–H and O–H groups in total. The van der Waals surface area contributed by atoms with Gasteiger partial charge in [0, 0.05) is 24.3 Å². The van der Waals surface area contributed by atoms with Gasteiger partial charge in [-0.3, -0.25) is 9.59 Å². The standard InChI is InChI=1S/C26H31FN2O3/c27-23-10-4-3-9-22(23)26(15-5-1-6-16-26)25(31)28-20-11-13-21(14-12-20)32-19-24(30)29-17-7-2-8-18-29/h3-4,9-14H,1-2,5-8,15-19H2,(H,28,31). The third kappa shape index (κ3) is 4.95. The highest BCUT2D eigenvalue weighted by Gasteiger charge is 2.42. The van der Waals surface area contributed by atoms with Crippen molar-refractivity contribution in [2.24, 2.45) is 0 Å². The second kappa shape index (κ2) is 10.2. The molecule has 0 bridgehead atoms. The van der Waals surface area contributed by atoms with E-state index in [1.165, 1.54) is 12.5 Å². The topological polar surface area (TPSA) is 58.6 Å². The summed E-state index contributed by atoms with van der Waals surface area (Å²) >= 11 is 0. The van der Waals surface area contributed by atoms with Gasteiger partial charge in [-0.05, 0) is 62.4 Å². The van der Waals surface area contributed by atoms with Crippen molar-refractivity contribution in [2.75, 3.05) is 25.0 Å². The molecule has 2 aromatic rings. The smallest absolute Gasteiger partial charge is 0.260 e. The molecular formula is C26H31FN2O3. The van der Waals surface area contributed by atoms with Crippen LogP contribution in [0, 0.1) is 5.82 Å². The lowest BCUT2D eigenvalue weighted by Gasteiger charge is -2.36. The number of amides is 2. The van der Waals surface area contributed by atoms with Gasteiger partial charge in [-0.1, -0.05) is 37.5 Å². The van der Waals surface area contributed by atoms with Crippen molar-refractivity contribution in [3.8, 4) is 5.75 Å². The van der Waals surface area contributed by atoms with Crippen LogP contribution in [0.1, 0.15) is 56.9 Å². The Morgan fingerprint density at radius 2 is 1.56 bits per heavy atom. The molecule has 0 unspecified atom stereocenters. The highest BCUT2D eigenvalue weighted by molar-refractivity contribution is 5.99. The fourth-order valence-corrected chi connectivity index (χ4v) is 4.89. The predicted octanol–water partition coefficient (Wildman–Crippen LogP) is 5.06. The van der Waals surface area contributed by atoms with E-state index in [1.807, 2.05) is 4.90 Å². The minimum atomic E-state index is -0.848. The Kier molecular flexibility index (Phi) is 7.08. The van der Waals surface area contributed by atoms with Gasteiger partial charge < -0.3 is 15.0 Å². The molecule has 0 radical (unpaired) electrons. The van der Waals surface area contributed by atoms with Crippen LogP contribution in [0.5, 0.6) is 5.75 Å². The molecule has 1 heterocycles. The van der Waals surface area contributed by atoms with Gasteiger partial charge in [-0.2, -0.15) is 0 Å². The number of carbonyl (C=O) groups excluding carboxylic acids is 2. The molecule has 5 nitrogen and oxygen atoms in total. The van der Waals surface area contributed by atoms with Crippen LogP contribution in [0.4, 0.5) is 10.1 Å². The lowest BCUT2D eigenvalue weighted by molar-refractivity contribution is -0.134. The summed E-state index contributed by atoms with van der Waals surface area (Å²) in [6.07, 6.45) is 7.42. The number of rotatable bonds is 6. The molecular weight excluding hydrogens is 407 g/mol. The molecule has 1 saturated heterocycles. The van der Waals surface area contributed by atoms with Crippen molar-refractivity contribution in [3.05, 3.63) is 59.9 Å². The van der Waals surface area contributed by atoms with Gasteiger partial charge in [0.2, 0.25) is 5.91 Å². The fraction of sp³-hybridized carbons (Fsp3) is 0.462. The van der Waals surface area contributed by atoms with E-state index in [1.54, 1.807) is 42.5 Å². The maximum atomic E-state index is 14.6. The number of benzene rings is 2. The molecule has 1 aliphatic carbocycles. The number of hydrogen-bond acceptors (Lipinski definition) is 3. The number of carbonyl (C=O) groups is 2. The van der Waals surface area contributed by atoms with Gasteiger partial charge in [-0.15, -0.1) is 0 Å². The Balaban J connectivity index is 1.40. The van der Waals surface area contributed by atoms with Crippen LogP contribution in [0.15, 0.2) is 48.5 Å². The molecule has 1 saturated carbocycles. The van der Waals surface area contributed by atoms with Crippen molar-refractivity contribution in [3.63, 3.8) is 0 Å². The van der Waals surface area contributed by atoms with E-state index >= 15 is 0 Å². The number of halogens is 1. The number of likely N-dealkylation sites (tertiary alicyclic amines) is 1. The first-order valence-electron chi connectivity index (χ1n) is 11.7. The van der Waals surface area contributed by atoms with Crippen LogP contribution in [0.3, 0.4) is 0 Å². The first-order valence-corrected chi connectivity index (χ1v) is 11.7. The van der Waals surface area contributed by atoms with Gasteiger partial charge in [-0.25, -0.2) is 4.39 Å². The zero-order valence-corrected chi connectivity index (χ0v) is 18.4. The molecule has 0 aromatic heterocycles. The number of ether oxygens (including phenoxy) is 1. The summed E-state index contributed by atoms with van der Waals surface area (Å²) in [5.74, 6) is 0.0870. The van der Waals surface area contributed by atoms with Crippen LogP contribution in [-0.2, 0) is 15.0 Å². The highest BCUT2D eigenvalue weighted by atomic mass is 19.1. The summed E-state index contributed by atoms with van der Waals surface area (Å²) in [6, 6.07) is 13.6. The van der Waals surface area contributed by atoms with E-state index < -0.39 is 5.41 Å². The number of nitrogens with zero attached hydrogens (tertiary/aromatic N) is 1. The first kappa shape index (κ1) is 22.3. The fourth-order valence-electron chi connectivity index (χ4n) is 4.89. The molecule has 2 aromatic carbocycles. The Bertz CT molecular complexity index is 932. The average molecular weight is 439 g/mol. The van der Waals surface area contributed by atoms with E-state index in [-0.39, 0.29) is 24.2 Å². The molecule has 0 spiro atoms. The van der Waals surface area contributed by atoms with E-state index in [9.17, 15) is 14.0 Å². The molecule has 2 aliphatic rings. The molecule has 2 fully saturated rings. The summed E-state index contributed by atoms with van der Waals surface area (Å²) < 4.78 is 20.3. The summed E-state index contributed by atoms with van der Waals surface area (Å²) in [5.41, 5.74) is 0.263. The van der Waals surface area contributed by atoms with Crippen molar-refractivity contribution in [2.45, 2.75) is 56.8 Å². The second-order valence-electron chi connectivity index (χ2n) is 8.83. The van der Waals surface area contributed by atoms with E-state index in [0.717, 1.165) is 45.2 Å². The van der Waals surface area contributed by atoms with E-state index in [0.29, 0.717) is 29.8 Å². The summed E-state index contributed by atoms with van der Waals surface area (Å²) in [6.45, 7) is 1.62. The number of nitrogens with one attached hydrogen (secondary N) is 1. The van der Waals surface area contributed by atoms with Gasteiger partial charge in [0.1, 0.15) is 11.6 Å². The molecule has 0 atom stereocenters. The van der Waals surface area contributed by atoms with Crippen LogP contribution >= 0.6 is 0 Å². The first-order chi connectivity index (χ1) is 15.6. The maximum Gasteiger partial charge on any atom is 0.260 e. The normalized spacial score (nSPS) is 18.1. The Morgan fingerprint density at radius 3 is 2.25 bits per heavy atom. The third-order valence-corrected chi connectivity index (χ3v) is 6.71. The minimum Gasteiger partial charge on any atom is -0.484 e. The zero-order chi connectivity index (χ0) is 22.4. The SMILES string of the molecule is O=C(COc1ccc(NC(=O)C2(c3ccccc3F)CCCCC2)cc1)N1CCCCC1. The van der Waals surface area contributed by atoms with Gasteiger partial charge in [0.25, 0.3) is 5.91 Å². The molecule has 1 aliphatic heterocycles. The average Bonchev–Trinajstić information content (AvgIpc) is 2.84. The highest BCUT2D eigenvalue weighted by Crippen LogP contribution is 2.41. The van der Waals surface area contributed by atoms with Crippen molar-refractivity contribution >= 4 is 17.5 Å². The Labute approximate surface area is 188 Å². The quantitative estimate of drug-likeness (QED) is 0.686. The Hall–Kier alpha value is -2.89. The molecule has 32 heavy (non-hydrogen) atoms. The summed E-state index contributed by atoms with van der Waals surface area (Å²) in [7, 11) is 0. The van der Waals surface area contributed by atoms with Gasteiger partial charge in [0.05, 0.1) is 5.41 Å². The lowest BCUT2D eigenvalue weighted by atomic mass is 9.68. The van der Waals surface area contributed by atoms with Gasteiger partial charge in [0.15, 0.2) is 6.61 Å². The molecule has 170 valence electrons.